The fourth-order valence-electron chi connectivity index (χ4n) is 1.15. The molecule has 2 heterocycles. The maximum Gasteiger partial charge on any atom is 0.228 e. The second-order valence-electron chi connectivity index (χ2n) is 3.13. The molecule has 4 nitrogen and oxygen atoms in total. The molecule has 1 N–H and O–H groups in total. The average Bonchev–Trinajstić information content (AvgIpc) is 2.59. The molecule has 2 aromatic heterocycles. The van der Waals surface area contributed by atoms with Gasteiger partial charge in [-0.3, -0.25) is 0 Å². The number of thiophene rings is 1. The Morgan fingerprint density at radius 1 is 1.19 bits per heavy atom. The van der Waals surface area contributed by atoms with Gasteiger partial charge in [-0.05, 0) is 52.0 Å². The van der Waals surface area contributed by atoms with Crippen molar-refractivity contribution in [3.8, 4) is 0 Å². The highest BCUT2D eigenvalue weighted by Crippen LogP contribution is 2.15. The second-order valence-corrected chi connectivity index (χ2v) is 4.55. The minimum atomic E-state index is 0.0875. The van der Waals surface area contributed by atoms with Crippen molar-refractivity contribution in [3.63, 3.8) is 0 Å². The van der Waals surface area contributed by atoms with Crippen molar-refractivity contribution in [1.29, 1.82) is 0 Å². The third-order valence-corrected chi connectivity index (χ3v) is 3.23. The van der Waals surface area contributed by atoms with E-state index in [1.807, 2.05) is 0 Å². The van der Waals surface area contributed by atoms with Gasteiger partial charge in [0.1, 0.15) is 0 Å². The highest BCUT2D eigenvalue weighted by atomic mass is 35.5. The molecule has 0 amide bonds. The van der Waals surface area contributed by atoms with E-state index in [0.717, 1.165) is 0 Å². The van der Waals surface area contributed by atoms with E-state index >= 15 is 0 Å². The van der Waals surface area contributed by atoms with E-state index in [1.165, 1.54) is 11.1 Å². The Morgan fingerprint density at radius 3 is 2.44 bits per heavy atom. The number of aryl methyl sites for hydroxylation is 1. The molecule has 0 aliphatic rings. The zero-order valence-corrected chi connectivity index (χ0v) is 10.7. The van der Waals surface area contributed by atoms with Crippen LogP contribution in [-0.4, -0.2) is 15.0 Å². The molecular formula is C9H8Cl2N4S. The molecule has 2 rings (SSSR count). The highest BCUT2D eigenvalue weighted by Gasteiger charge is 2.04. The standard InChI is InChI=1S/C9H8Cl2N4S/c1-5-3-16-4-6(5)2-12-9-14-7(10)13-8(11)15-9/h3-4H,2H2,1H3,(H,12,13,14,15). The van der Waals surface area contributed by atoms with Gasteiger partial charge in [0.05, 0.1) is 0 Å². The van der Waals surface area contributed by atoms with Crippen LogP contribution in [0.2, 0.25) is 10.6 Å². The summed E-state index contributed by atoms with van der Waals surface area (Å²) in [5.74, 6) is 0.385. The second kappa shape index (κ2) is 4.95. The SMILES string of the molecule is Cc1cscc1CNc1nc(Cl)nc(Cl)n1. The number of hydrogen-bond acceptors (Lipinski definition) is 5. The van der Waals surface area contributed by atoms with Crippen molar-refractivity contribution in [2.75, 3.05) is 5.32 Å². The molecular weight excluding hydrogens is 267 g/mol. The number of hydrogen-bond donors (Lipinski definition) is 1. The van der Waals surface area contributed by atoms with E-state index in [4.69, 9.17) is 23.2 Å². The summed E-state index contributed by atoms with van der Waals surface area (Å²) in [4.78, 5) is 11.5. The fourth-order valence-corrected chi connectivity index (χ4v) is 2.37. The lowest BCUT2D eigenvalue weighted by Crippen LogP contribution is -2.04. The lowest BCUT2D eigenvalue weighted by molar-refractivity contribution is 1.00. The maximum atomic E-state index is 5.66. The Hall–Kier alpha value is -0.910. The van der Waals surface area contributed by atoms with Gasteiger partial charge in [0.25, 0.3) is 0 Å². The zero-order chi connectivity index (χ0) is 11.5. The maximum absolute atomic E-state index is 5.66. The Labute approximate surface area is 107 Å². The molecule has 7 heteroatoms. The van der Waals surface area contributed by atoms with Crippen molar-refractivity contribution < 1.29 is 0 Å². The molecule has 16 heavy (non-hydrogen) atoms. The molecule has 0 fully saturated rings. The van der Waals surface area contributed by atoms with Crippen molar-refractivity contribution >= 4 is 40.5 Å². The Kier molecular flexibility index (Phi) is 3.58. The lowest BCUT2D eigenvalue weighted by Gasteiger charge is -2.04. The predicted molar refractivity (Wildman–Crippen MR) is 66.2 cm³/mol. The topological polar surface area (TPSA) is 50.7 Å². The smallest absolute Gasteiger partial charge is 0.228 e. The Bertz CT molecular complexity index is 480. The van der Waals surface area contributed by atoms with Crippen LogP contribution in [0, 0.1) is 6.92 Å². The largest absolute Gasteiger partial charge is 0.350 e. The van der Waals surface area contributed by atoms with Crippen molar-refractivity contribution in [2.45, 2.75) is 13.5 Å². The highest BCUT2D eigenvalue weighted by molar-refractivity contribution is 7.08. The lowest BCUT2D eigenvalue weighted by atomic mass is 10.2. The normalized spacial score (nSPS) is 10.4. The van der Waals surface area contributed by atoms with Crippen LogP contribution in [0.1, 0.15) is 11.1 Å². The molecule has 0 radical (unpaired) electrons. The van der Waals surface area contributed by atoms with Crippen LogP contribution in [0.25, 0.3) is 0 Å². The molecule has 0 aromatic carbocycles. The van der Waals surface area contributed by atoms with Gasteiger partial charge in [-0.1, -0.05) is 0 Å². The van der Waals surface area contributed by atoms with E-state index in [2.05, 4.69) is 38.0 Å². The van der Waals surface area contributed by atoms with Gasteiger partial charge in [0.2, 0.25) is 16.5 Å². The van der Waals surface area contributed by atoms with E-state index < -0.39 is 0 Å². The number of aromatic nitrogens is 3. The number of nitrogens with zero attached hydrogens (tertiary/aromatic N) is 3. The zero-order valence-electron chi connectivity index (χ0n) is 8.37. The van der Waals surface area contributed by atoms with Crippen molar-refractivity contribution in [3.05, 3.63) is 32.5 Å². The molecule has 0 aliphatic carbocycles. The predicted octanol–water partition coefficient (Wildman–Crippen LogP) is 3.16. The average molecular weight is 275 g/mol. The van der Waals surface area contributed by atoms with Gasteiger partial charge in [0.15, 0.2) is 0 Å². The first-order valence-electron chi connectivity index (χ1n) is 4.48. The van der Waals surface area contributed by atoms with Crippen LogP contribution in [0.5, 0.6) is 0 Å². The summed E-state index contributed by atoms with van der Waals surface area (Å²) < 4.78 is 0. The fraction of sp³-hybridized carbons (Fsp3) is 0.222. The number of rotatable bonds is 3. The number of nitrogens with one attached hydrogen (secondary N) is 1. The van der Waals surface area contributed by atoms with Gasteiger partial charge < -0.3 is 5.32 Å². The molecule has 84 valence electrons. The van der Waals surface area contributed by atoms with Crippen LogP contribution < -0.4 is 5.32 Å². The molecule has 0 saturated carbocycles. The van der Waals surface area contributed by atoms with Crippen LogP contribution in [0.15, 0.2) is 10.8 Å². The summed E-state index contributed by atoms with van der Waals surface area (Å²) in [6.45, 7) is 2.70. The third-order valence-electron chi connectivity index (χ3n) is 1.98. The summed E-state index contributed by atoms with van der Waals surface area (Å²) >= 11 is 13.0. The monoisotopic (exact) mass is 274 g/mol. The van der Waals surface area contributed by atoms with E-state index in [0.29, 0.717) is 12.5 Å². The van der Waals surface area contributed by atoms with E-state index in [9.17, 15) is 0 Å². The van der Waals surface area contributed by atoms with Crippen LogP contribution in [0.4, 0.5) is 5.95 Å². The summed E-state index contributed by atoms with van der Waals surface area (Å²) in [6, 6.07) is 0. The van der Waals surface area contributed by atoms with Gasteiger partial charge in [-0.25, -0.2) is 0 Å². The first-order chi connectivity index (χ1) is 7.65. The molecule has 0 saturated heterocycles. The Balaban J connectivity index is 2.07. The van der Waals surface area contributed by atoms with Gasteiger partial charge >= 0.3 is 0 Å². The summed E-state index contributed by atoms with van der Waals surface area (Å²) in [5, 5.41) is 7.38. The van der Waals surface area contributed by atoms with Crippen LogP contribution >= 0.6 is 34.5 Å². The molecule has 0 spiro atoms. The molecule has 0 aliphatic heterocycles. The van der Waals surface area contributed by atoms with Gasteiger partial charge in [0, 0.05) is 6.54 Å². The Morgan fingerprint density at radius 2 is 1.88 bits per heavy atom. The molecule has 0 atom stereocenters. The molecule has 2 aromatic rings. The number of halogens is 2. The van der Waals surface area contributed by atoms with E-state index in [1.54, 1.807) is 11.3 Å². The van der Waals surface area contributed by atoms with Crippen molar-refractivity contribution in [2.24, 2.45) is 0 Å². The first-order valence-corrected chi connectivity index (χ1v) is 6.17. The molecule has 0 unspecified atom stereocenters. The minimum absolute atomic E-state index is 0.0875. The quantitative estimate of drug-likeness (QED) is 0.934. The minimum Gasteiger partial charge on any atom is -0.350 e. The van der Waals surface area contributed by atoms with Crippen LogP contribution in [0.3, 0.4) is 0 Å². The van der Waals surface area contributed by atoms with Crippen molar-refractivity contribution in [1.82, 2.24) is 15.0 Å². The van der Waals surface area contributed by atoms with Crippen LogP contribution in [-0.2, 0) is 6.54 Å². The first kappa shape index (κ1) is 11.6. The van der Waals surface area contributed by atoms with Gasteiger partial charge in [-0.2, -0.15) is 26.3 Å². The summed E-state index contributed by atoms with van der Waals surface area (Å²) in [7, 11) is 0. The summed E-state index contributed by atoms with van der Waals surface area (Å²) in [6.07, 6.45) is 0. The number of anilines is 1. The van der Waals surface area contributed by atoms with E-state index in [-0.39, 0.29) is 10.6 Å². The summed E-state index contributed by atoms with van der Waals surface area (Å²) in [5.41, 5.74) is 2.45. The van der Waals surface area contributed by atoms with Gasteiger partial charge in [-0.15, -0.1) is 0 Å². The third kappa shape index (κ3) is 2.81. The molecule has 0 bridgehead atoms.